The molecule has 8 nitrogen and oxygen atoms in total. The minimum atomic E-state index is -1.27. The Hall–Kier alpha value is -3.39. The SMILES string of the molecule is COc1ccc(C2(C)NC(=O)N(NC(=O)CN(Cc3cccc(C)c3)C3CC3)C2=O)cc1. The van der Waals surface area contributed by atoms with Gasteiger partial charge in [-0.3, -0.25) is 19.9 Å². The van der Waals surface area contributed by atoms with E-state index in [1.54, 1.807) is 38.3 Å². The fraction of sp³-hybridized carbons (Fsp3) is 0.375. The Morgan fingerprint density at radius 3 is 2.56 bits per heavy atom. The van der Waals surface area contributed by atoms with E-state index < -0.39 is 23.4 Å². The molecule has 1 aliphatic carbocycles. The second-order valence-corrected chi connectivity index (χ2v) is 8.58. The maximum absolute atomic E-state index is 13.1. The van der Waals surface area contributed by atoms with E-state index in [4.69, 9.17) is 4.74 Å². The molecule has 1 aliphatic heterocycles. The van der Waals surface area contributed by atoms with Crippen LogP contribution in [-0.2, 0) is 21.7 Å². The lowest BCUT2D eigenvalue weighted by Gasteiger charge is -2.24. The molecule has 8 heteroatoms. The predicted molar refractivity (Wildman–Crippen MR) is 118 cm³/mol. The zero-order valence-electron chi connectivity index (χ0n) is 18.6. The van der Waals surface area contributed by atoms with Gasteiger partial charge in [-0.15, -0.1) is 0 Å². The molecule has 0 bridgehead atoms. The summed E-state index contributed by atoms with van der Waals surface area (Å²) in [4.78, 5) is 40.5. The third-order valence-corrected chi connectivity index (χ3v) is 5.97. The number of benzene rings is 2. The summed E-state index contributed by atoms with van der Waals surface area (Å²) in [5.41, 5.74) is 4.14. The molecule has 1 saturated heterocycles. The Morgan fingerprint density at radius 1 is 1.22 bits per heavy atom. The number of amides is 4. The summed E-state index contributed by atoms with van der Waals surface area (Å²) in [7, 11) is 1.56. The first-order valence-corrected chi connectivity index (χ1v) is 10.7. The van der Waals surface area contributed by atoms with E-state index >= 15 is 0 Å². The molecule has 32 heavy (non-hydrogen) atoms. The summed E-state index contributed by atoms with van der Waals surface area (Å²) in [6, 6.07) is 14.8. The van der Waals surface area contributed by atoms with Crippen LogP contribution in [0, 0.1) is 6.92 Å². The average Bonchev–Trinajstić information content (AvgIpc) is 3.59. The van der Waals surface area contributed by atoms with Crippen LogP contribution in [0.5, 0.6) is 5.75 Å². The van der Waals surface area contributed by atoms with Crippen molar-refractivity contribution in [2.45, 2.75) is 44.8 Å². The van der Waals surface area contributed by atoms with Gasteiger partial charge in [0.15, 0.2) is 0 Å². The summed E-state index contributed by atoms with van der Waals surface area (Å²) in [6.07, 6.45) is 2.08. The number of urea groups is 1. The summed E-state index contributed by atoms with van der Waals surface area (Å²) in [5, 5.41) is 3.47. The Bertz CT molecular complexity index is 1030. The van der Waals surface area contributed by atoms with Gasteiger partial charge in [0, 0.05) is 12.6 Å². The molecule has 2 N–H and O–H groups in total. The van der Waals surface area contributed by atoms with Crippen LogP contribution < -0.4 is 15.5 Å². The molecule has 1 heterocycles. The summed E-state index contributed by atoms with van der Waals surface area (Å²) >= 11 is 0. The molecule has 2 aromatic rings. The van der Waals surface area contributed by atoms with Crippen LogP contribution in [-0.4, -0.2) is 47.5 Å². The molecule has 4 rings (SSSR count). The first-order valence-electron chi connectivity index (χ1n) is 10.7. The quantitative estimate of drug-likeness (QED) is 0.621. The lowest BCUT2D eigenvalue weighted by molar-refractivity contribution is -0.139. The van der Waals surface area contributed by atoms with E-state index in [0.29, 0.717) is 23.9 Å². The van der Waals surface area contributed by atoms with Crippen LogP contribution in [0.4, 0.5) is 4.79 Å². The van der Waals surface area contributed by atoms with Crippen LogP contribution in [0.2, 0.25) is 0 Å². The number of ether oxygens (including phenoxy) is 1. The highest BCUT2D eigenvalue weighted by atomic mass is 16.5. The molecule has 1 unspecified atom stereocenters. The minimum Gasteiger partial charge on any atom is -0.497 e. The monoisotopic (exact) mass is 436 g/mol. The Morgan fingerprint density at radius 2 is 1.94 bits per heavy atom. The largest absolute Gasteiger partial charge is 0.497 e. The number of nitrogens with one attached hydrogen (secondary N) is 2. The molecule has 2 fully saturated rings. The first-order chi connectivity index (χ1) is 15.3. The maximum Gasteiger partial charge on any atom is 0.344 e. The lowest BCUT2D eigenvalue weighted by Crippen LogP contribution is -2.51. The highest BCUT2D eigenvalue weighted by Crippen LogP contribution is 2.30. The number of aryl methyl sites for hydroxylation is 1. The van der Waals surface area contributed by atoms with Crippen molar-refractivity contribution in [1.29, 1.82) is 0 Å². The van der Waals surface area contributed by atoms with Crippen LogP contribution in [0.15, 0.2) is 48.5 Å². The van der Waals surface area contributed by atoms with Gasteiger partial charge < -0.3 is 10.1 Å². The van der Waals surface area contributed by atoms with Gasteiger partial charge in [-0.25, -0.2) is 4.79 Å². The van der Waals surface area contributed by atoms with Gasteiger partial charge in [-0.1, -0.05) is 42.0 Å². The fourth-order valence-corrected chi connectivity index (χ4v) is 4.00. The molecule has 168 valence electrons. The molecular weight excluding hydrogens is 408 g/mol. The number of nitrogens with zero attached hydrogens (tertiary/aromatic N) is 2. The third-order valence-electron chi connectivity index (χ3n) is 5.97. The standard InChI is InChI=1S/C24H28N4O4/c1-16-5-4-6-17(13-16)14-27(19-9-10-19)15-21(29)26-28-22(30)24(2,25-23(28)31)18-7-11-20(32-3)12-8-18/h4-8,11-13,19H,9-10,14-15H2,1-3H3,(H,25,31)(H,26,29). The second-order valence-electron chi connectivity index (χ2n) is 8.58. The molecule has 2 aromatic carbocycles. The van der Waals surface area contributed by atoms with Crippen molar-refractivity contribution < 1.29 is 19.1 Å². The second kappa shape index (κ2) is 8.63. The molecule has 0 radical (unpaired) electrons. The summed E-state index contributed by atoms with van der Waals surface area (Å²) < 4.78 is 5.15. The van der Waals surface area contributed by atoms with E-state index in [0.717, 1.165) is 23.4 Å². The maximum atomic E-state index is 13.1. The molecule has 0 aromatic heterocycles. The van der Waals surface area contributed by atoms with Gasteiger partial charge in [0.25, 0.3) is 11.8 Å². The van der Waals surface area contributed by atoms with E-state index in [1.165, 1.54) is 5.56 Å². The summed E-state index contributed by atoms with van der Waals surface area (Å²) in [6.45, 7) is 4.41. The number of methoxy groups -OCH3 is 1. The van der Waals surface area contributed by atoms with Crippen LogP contribution >= 0.6 is 0 Å². The van der Waals surface area contributed by atoms with Crippen LogP contribution in [0.3, 0.4) is 0 Å². The highest BCUT2D eigenvalue weighted by molar-refractivity contribution is 6.08. The average molecular weight is 437 g/mol. The van der Waals surface area contributed by atoms with Gasteiger partial charge in [0.05, 0.1) is 13.7 Å². The van der Waals surface area contributed by atoms with Gasteiger partial charge >= 0.3 is 6.03 Å². The number of rotatable bonds is 8. The predicted octanol–water partition coefficient (Wildman–Crippen LogP) is 2.47. The van der Waals surface area contributed by atoms with Crippen molar-refractivity contribution >= 4 is 17.8 Å². The Labute approximate surface area is 187 Å². The van der Waals surface area contributed by atoms with E-state index in [-0.39, 0.29) is 6.54 Å². The zero-order chi connectivity index (χ0) is 22.9. The molecule has 1 saturated carbocycles. The van der Waals surface area contributed by atoms with E-state index in [1.807, 2.05) is 25.1 Å². The number of hydrogen-bond donors (Lipinski definition) is 2. The van der Waals surface area contributed by atoms with E-state index in [9.17, 15) is 14.4 Å². The normalized spacial score (nSPS) is 20.4. The van der Waals surface area contributed by atoms with Gasteiger partial charge in [0.2, 0.25) is 0 Å². The van der Waals surface area contributed by atoms with Crippen molar-refractivity contribution in [2.75, 3.05) is 13.7 Å². The van der Waals surface area contributed by atoms with Gasteiger partial charge in [-0.2, -0.15) is 5.01 Å². The smallest absolute Gasteiger partial charge is 0.344 e. The van der Waals surface area contributed by atoms with Crippen molar-refractivity contribution in [3.8, 4) is 5.75 Å². The highest BCUT2D eigenvalue weighted by Gasteiger charge is 2.50. The Kier molecular flexibility index (Phi) is 5.88. The molecular formula is C24H28N4O4. The van der Waals surface area contributed by atoms with Crippen molar-refractivity contribution in [1.82, 2.24) is 20.7 Å². The molecule has 4 amide bonds. The number of carbonyl (C=O) groups excluding carboxylic acids is 3. The number of carbonyl (C=O) groups is 3. The minimum absolute atomic E-state index is 0.106. The molecule has 0 spiro atoms. The van der Waals surface area contributed by atoms with E-state index in [2.05, 4.69) is 21.7 Å². The van der Waals surface area contributed by atoms with Crippen molar-refractivity contribution in [3.63, 3.8) is 0 Å². The van der Waals surface area contributed by atoms with Crippen molar-refractivity contribution in [3.05, 3.63) is 65.2 Å². The fourth-order valence-electron chi connectivity index (χ4n) is 4.00. The van der Waals surface area contributed by atoms with Gasteiger partial charge in [0.1, 0.15) is 11.3 Å². The molecule has 1 atom stereocenters. The van der Waals surface area contributed by atoms with Crippen molar-refractivity contribution in [2.24, 2.45) is 0 Å². The summed E-state index contributed by atoms with van der Waals surface area (Å²) in [5.74, 6) is -0.280. The van der Waals surface area contributed by atoms with Crippen LogP contribution in [0.25, 0.3) is 0 Å². The first kappa shape index (κ1) is 21.8. The third kappa shape index (κ3) is 4.45. The number of hydrogen-bond acceptors (Lipinski definition) is 5. The lowest BCUT2D eigenvalue weighted by atomic mass is 9.92. The van der Waals surface area contributed by atoms with Crippen LogP contribution in [0.1, 0.15) is 36.5 Å². The van der Waals surface area contributed by atoms with Gasteiger partial charge in [-0.05, 0) is 49.9 Å². The molecule has 2 aliphatic rings. The Balaban J connectivity index is 1.42. The zero-order valence-corrected chi connectivity index (χ0v) is 18.6. The topological polar surface area (TPSA) is 91.0 Å². The number of imide groups is 1. The number of hydrazine groups is 1.